The Morgan fingerprint density at radius 2 is 2.12 bits per heavy atom. The van der Waals surface area contributed by atoms with Gasteiger partial charge in [0.1, 0.15) is 0 Å². The van der Waals surface area contributed by atoms with Gasteiger partial charge in [0.25, 0.3) is 0 Å². The highest BCUT2D eigenvalue weighted by atomic mass is 79.9. The third-order valence-corrected chi connectivity index (χ3v) is 4.45. The number of hydrogen-bond acceptors (Lipinski definition) is 1. The van der Waals surface area contributed by atoms with Gasteiger partial charge in [0.15, 0.2) is 0 Å². The Morgan fingerprint density at radius 3 is 2.88 bits per heavy atom. The second-order valence-electron chi connectivity index (χ2n) is 4.82. The fraction of sp³-hybridized carbons (Fsp3) is 0.571. The molecule has 1 aromatic carbocycles. The highest BCUT2D eigenvalue weighted by molar-refractivity contribution is 9.10. The number of alkyl halides is 1. The standard InChI is InChI=1S/C14H19BrClN/c15-13-6-3-4-11(8-13)10-17-14-7-2-1-5-12(14)9-16/h3-4,6,8,12,14,17H,1-2,5,7,9-10H2. The summed E-state index contributed by atoms with van der Waals surface area (Å²) in [5.74, 6) is 1.44. The molecular weight excluding hydrogens is 298 g/mol. The van der Waals surface area contributed by atoms with Crippen LogP contribution >= 0.6 is 27.5 Å². The van der Waals surface area contributed by atoms with Crippen LogP contribution in [0.15, 0.2) is 28.7 Å². The van der Waals surface area contributed by atoms with Gasteiger partial charge in [0.2, 0.25) is 0 Å². The number of hydrogen-bond donors (Lipinski definition) is 1. The molecule has 94 valence electrons. The Balaban J connectivity index is 1.88. The van der Waals surface area contributed by atoms with E-state index in [0.717, 1.165) is 16.9 Å². The molecule has 0 amide bonds. The molecule has 1 fully saturated rings. The second-order valence-corrected chi connectivity index (χ2v) is 6.04. The van der Waals surface area contributed by atoms with Crippen molar-refractivity contribution in [2.24, 2.45) is 5.92 Å². The third-order valence-electron chi connectivity index (χ3n) is 3.56. The van der Waals surface area contributed by atoms with Gasteiger partial charge in [0.05, 0.1) is 0 Å². The van der Waals surface area contributed by atoms with Gasteiger partial charge in [-0.1, -0.05) is 40.9 Å². The maximum absolute atomic E-state index is 6.03. The van der Waals surface area contributed by atoms with Gasteiger partial charge >= 0.3 is 0 Å². The van der Waals surface area contributed by atoms with Crippen LogP contribution in [0, 0.1) is 5.92 Å². The lowest BCUT2D eigenvalue weighted by atomic mass is 9.85. The predicted octanol–water partition coefficient (Wildman–Crippen LogP) is 4.34. The van der Waals surface area contributed by atoms with Gasteiger partial charge < -0.3 is 5.32 Å². The molecule has 1 nitrogen and oxygen atoms in total. The molecule has 0 aromatic heterocycles. The predicted molar refractivity (Wildman–Crippen MR) is 77.4 cm³/mol. The van der Waals surface area contributed by atoms with Crippen LogP contribution in [0.2, 0.25) is 0 Å². The average molecular weight is 317 g/mol. The molecule has 1 aliphatic rings. The summed E-state index contributed by atoms with van der Waals surface area (Å²) in [6, 6.07) is 9.08. The molecule has 0 radical (unpaired) electrons. The number of nitrogens with one attached hydrogen (secondary N) is 1. The molecular formula is C14H19BrClN. The molecule has 1 aromatic rings. The van der Waals surface area contributed by atoms with Crippen LogP contribution < -0.4 is 5.32 Å². The third kappa shape index (κ3) is 3.97. The summed E-state index contributed by atoms with van der Waals surface area (Å²) in [5, 5.41) is 3.66. The van der Waals surface area contributed by atoms with Crippen molar-refractivity contribution in [3.05, 3.63) is 34.3 Å². The average Bonchev–Trinajstić information content (AvgIpc) is 2.37. The summed E-state index contributed by atoms with van der Waals surface area (Å²) in [5.41, 5.74) is 1.33. The summed E-state index contributed by atoms with van der Waals surface area (Å²) >= 11 is 9.54. The molecule has 0 bridgehead atoms. The van der Waals surface area contributed by atoms with Crippen LogP contribution in [0.25, 0.3) is 0 Å². The summed E-state index contributed by atoms with van der Waals surface area (Å²) in [6.45, 7) is 0.942. The molecule has 1 saturated carbocycles. The van der Waals surface area contributed by atoms with E-state index >= 15 is 0 Å². The van der Waals surface area contributed by atoms with Gasteiger partial charge in [-0.15, -0.1) is 11.6 Å². The molecule has 0 saturated heterocycles. The van der Waals surface area contributed by atoms with Gasteiger partial charge in [-0.2, -0.15) is 0 Å². The number of halogens is 2. The summed E-state index contributed by atoms with van der Waals surface area (Å²) in [4.78, 5) is 0. The van der Waals surface area contributed by atoms with E-state index in [2.05, 4.69) is 45.5 Å². The lowest BCUT2D eigenvalue weighted by Crippen LogP contribution is -2.38. The number of benzene rings is 1. The van der Waals surface area contributed by atoms with Crippen LogP contribution in [0.1, 0.15) is 31.2 Å². The van der Waals surface area contributed by atoms with Crippen LogP contribution in [-0.4, -0.2) is 11.9 Å². The fourth-order valence-electron chi connectivity index (χ4n) is 2.56. The maximum atomic E-state index is 6.03. The van der Waals surface area contributed by atoms with Crippen molar-refractivity contribution in [3.8, 4) is 0 Å². The summed E-state index contributed by atoms with van der Waals surface area (Å²) in [7, 11) is 0. The molecule has 2 atom stereocenters. The first-order valence-electron chi connectivity index (χ1n) is 6.33. The van der Waals surface area contributed by atoms with Gasteiger partial charge in [-0.3, -0.25) is 0 Å². The molecule has 0 aliphatic heterocycles. The normalized spacial score (nSPS) is 24.8. The van der Waals surface area contributed by atoms with Crippen molar-refractivity contribution in [3.63, 3.8) is 0 Å². The largest absolute Gasteiger partial charge is 0.310 e. The Labute approximate surface area is 117 Å². The summed E-state index contributed by atoms with van der Waals surface area (Å²) < 4.78 is 1.15. The first-order valence-corrected chi connectivity index (χ1v) is 7.66. The summed E-state index contributed by atoms with van der Waals surface area (Å²) in [6.07, 6.45) is 5.22. The van der Waals surface area contributed by atoms with Gasteiger partial charge in [0, 0.05) is 22.9 Å². The number of rotatable bonds is 4. The zero-order chi connectivity index (χ0) is 12.1. The lowest BCUT2D eigenvalue weighted by Gasteiger charge is -2.31. The van der Waals surface area contributed by atoms with Crippen molar-refractivity contribution in [1.82, 2.24) is 5.32 Å². The van der Waals surface area contributed by atoms with Crippen molar-refractivity contribution in [2.75, 3.05) is 5.88 Å². The van der Waals surface area contributed by atoms with Crippen molar-refractivity contribution in [2.45, 2.75) is 38.3 Å². The molecule has 2 unspecified atom stereocenters. The van der Waals surface area contributed by atoms with Gasteiger partial charge in [-0.05, 0) is 36.5 Å². The monoisotopic (exact) mass is 315 g/mol. The Kier molecular flexibility index (Phi) is 5.33. The zero-order valence-corrected chi connectivity index (χ0v) is 12.3. The fourth-order valence-corrected chi connectivity index (χ4v) is 3.37. The molecule has 1 N–H and O–H groups in total. The smallest absolute Gasteiger partial charge is 0.0266 e. The maximum Gasteiger partial charge on any atom is 0.0266 e. The Hall–Kier alpha value is -0.0500. The van der Waals surface area contributed by atoms with E-state index in [1.54, 1.807) is 0 Å². The van der Waals surface area contributed by atoms with E-state index in [4.69, 9.17) is 11.6 Å². The zero-order valence-electron chi connectivity index (χ0n) is 9.96. The van der Waals surface area contributed by atoms with E-state index in [0.29, 0.717) is 12.0 Å². The lowest BCUT2D eigenvalue weighted by molar-refractivity contribution is 0.282. The first kappa shape index (κ1) is 13.4. The molecule has 1 aliphatic carbocycles. The minimum Gasteiger partial charge on any atom is -0.310 e. The van der Waals surface area contributed by atoms with E-state index < -0.39 is 0 Å². The first-order chi connectivity index (χ1) is 8.29. The van der Waals surface area contributed by atoms with Crippen molar-refractivity contribution >= 4 is 27.5 Å². The topological polar surface area (TPSA) is 12.0 Å². The van der Waals surface area contributed by atoms with Crippen molar-refractivity contribution < 1.29 is 0 Å². The van der Waals surface area contributed by atoms with Crippen molar-refractivity contribution in [1.29, 1.82) is 0 Å². The SMILES string of the molecule is ClCC1CCCCC1NCc1cccc(Br)c1. The highest BCUT2D eigenvalue weighted by Gasteiger charge is 2.23. The quantitative estimate of drug-likeness (QED) is 0.815. The molecule has 0 heterocycles. The Bertz CT molecular complexity index is 356. The molecule has 2 rings (SSSR count). The Morgan fingerprint density at radius 1 is 1.29 bits per heavy atom. The molecule has 3 heteroatoms. The van der Waals surface area contributed by atoms with Crippen LogP contribution in [0.4, 0.5) is 0 Å². The van der Waals surface area contributed by atoms with E-state index in [1.807, 2.05) is 0 Å². The van der Waals surface area contributed by atoms with Crippen LogP contribution in [0.5, 0.6) is 0 Å². The molecule has 17 heavy (non-hydrogen) atoms. The minimum absolute atomic E-state index is 0.597. The second kappa shape index (κ2) is 6.77. The molecule has 0 spiro atoms. The van der Waals surface area contributed by atoms with E-state index in [9.17, 15) is 0 Å². The van der Waals surface area contributed by atoms with Gasteiger partial charge in [-0.25, -0.2) is 0 Å². The van der Waals surface area contributed by atoms with E-state index in [1.165, 1.54) is 31.2 Å². The van der Waals surface area contributed by atoms with E-state index in [-0.39, 0.29) is 0 Å². The highest BCUT2D eigenvalue weighted by Crippen LogP contribution is 2.25. The van der Waals surface area contributed by atoms with Crippen LogP contribution in [0.3, 0.4) is 0 Å². The minimum atomic E-state index is 0.597. The van der Waals surface area contributed by atoms with Crippen LogP contribution in [-0.2, 0) is 6.54 Å².